The molecule has 0 fully saturated rings. The van der Waals surface area contributed by atoms with Gasteiger partial charge in [-0.25, -0.2) is 0 Å². The van der Waals surface area contributed by atoms with Gasteiger partial charge in [0.25, 0.3) is 0 Å². The number of hydrogen-bond acceptors (Lipinski definition) is 0. The van der Waals surface area contributed by atoms with Crippen LogP contribution >= 0.6 is 0 Å². The van der Waals surface area contributed by atoms with Gasteiger partial charge in [0.05, 0.1) is 0 Å². The Labute approximate surface area is 101 Å². The van der Waals surface area contributed by atoms with E-state index in [1.807, 2.05) is 0 Å². The van der Waals surface area contributed by atoms with Gasteiger partial charge in [-0.15, -0.1) is 0 Å². The van der Waals surface area contributed by atoms with Crippen molar-refractivity contribution in [2.24, 2.45) is 0 Å². The molecule has 0 unspecified atom stereocenters. The van der Waals surface area contributed by atoms with Crippen molar-refractivity contribution in [1.82, 2.24) is 0 Å². The number of benzene rings is 1. The zero-order valence-corrected chi connectivity index (χ0v) is 11.9. The maximum Gasteiger partial charge on any atom is -0.0129 e. The Kier molecular flexibility index (Phi) is 3.52. The summed E-state index contributed by atoms with van der Waals surface area (Å²) in [6, 6.07) is 6.98. The van der Waals surface area contributed by atoms with Crippen molar-refractivity contribution in [3.05, 3.63) is 34.9 Å². The number of hydrogen-bond donors (Lipinski definition) is 0. The van der Waals surface area contributed by atoms with Gasteiger partial charge in [0.15, 0.2) is 0 Å². The lowest BCUT2D eigenvalue weighted by molar-refractivity contribution is 0.529. The third-order valence-corrected chi connectivity index (χ3v) is 3.11. The van der Waals surface area contributed by atoms with E-state index in [-0.39, 0.29) is 10.8 Å². The molecule has 16 heavy (non-hydrogen) atoms. The van der Waals surface area contributed by atoms with Gasteiger partial charge >= 0.3 is 0 Å². The van der Waals surface area contributed by atoms with Gasteiger partial charge in [-0.05, 0) is 33.9 Å². The fourth-order valence-electron chi connectivity index (χ4n) is 2.09. The van der Waals surface area contributed by atoms with Gasteiger partial charge in [0.1, 0.15) is 0 Å². The van der Waals surface area contributed by atoms with Crippen LogP contribution in [0.2, 0.25) is 0 Å². The van der Waals surface area contributed by atoms with E-state index in [0.29, 0.717) is 0 Å². The molecule has 0 heterocycles. The molecule has 0 nitrogen and oxygen atoms in total. The first-order chi connectivity index (χ1) is 7.16. The first-order valence-corrected chi connectivity index (χ1v) is 6.30. The normalized spacial score (nSPS) is 12.9. The first kappa shape index (κ1) is 13.3. The summed E-state index contributed by atoms with van der Waals surface area (Å²) in [5.74, 6) is 0. The molecule has 0 aromatic heterocycles. The van der Waals surface area contributed by atoms with E-state index in [1.165, 1.54) is 16.7 Å². The summed E-state index contributed by atoms with van der Waals surface area (Å²) < 4.78 is 0. The molecule has 0 amide bonds. The molecule has 0 atom stereocenters. The summed E-state index contributed by atoms with van der Waals surface area (Å²) in [5.41, 5.74) is 4.89. The maximum absolute atomic E-state index is 2.39. The highest BCUT2D eigenvalue weighted by Gasteiger charge is 2.24. The van der Waals surface area contributed by atoms with Crippen molar-refractivity contribution in [2.45, 2.75) is 65.7 Å². The Morgan fingerprint density at radius 3 is 1.69 bits per heavy atom. The van der Waals surface area contributed by atoms with Crippen molar-refractivity contribution in [2.75, 3.05) is 0 Å². The van der Waals surface area contributed by atoms with Crippen molar-refractivity contribution in [1.29, 1.82) is 0 Å². The predicted octanol–water partition coefficient (Wildman–Crippen LogP) is 4.84. The second kappa shape index (κ2) is 4.24. The summed E-state index contributed by atoms with van der Waals surface area (Å²) in [7, 11) is 0. The van der Waals surface area contributed by atoms with E-state index in [2.05, 4.69) is 66.7 Å². The monoisotopic (exact) mass is 218 g/mol. The van der Waals surface area contributed by atoms with Crippen LogP contribution in [0.15, 0.2) is 18.2 Å². The molecule has 90 valence electrons. The van der Waals surface area contributed by atoms with Crippen LogP contribution in [0.25, 0.3) is 0 Å². The number of aryl methyl sites for hydroxylation is 1. The molecule has 0 aliphatic carbocycles. The SMILES string of the molecule is CCc1ccc(C(C)(C)C)c(C(C)(C)C)c1. The molecular formula is C16H26. The zero-order valence-electron chi connectivity index (χ0n) is 11.9. The van der Waals surface area contributed by atoms with Crippen molar-refractivity contribution in [3.63, 3.8) is 0 Å². The second-order valence-corrected chi connectivity index (χ2v) is 6.73. The maximum atomic E-state index is 2.39. The second-order valence-electron chi connectivity index (χ2n) is 6.73. The zero-order chi connectivity index (χ0) is 12.6. The van der Waals surface area contributed by atoms with Crippen molar-refractivity contribution in [3.8, 4) is 0 Å². The molecular weight excluding hydrogens is 192 g/mol. The molecule has 0 bridgehead atoms. The van der Waals surface area contributed by atoms with E-state index in [9.17, 15) is 0 Å². The number of rotatable bonds is 1. The van der Waals surface area contributed by atoms with Crippen LogP contribution < -0.4 is 0 Å². The quantitative estimate of drug-likeness (QED) is 0.632. The summed E-state index contributed by atoms with van der Waals surface area (Å²) in [6.45, 7) is 16.0. The minimum absolute atomic E-state index is 0.230. The van der Waals surface area contributed by atoms with Gasteiger partial charge in [-0.2, -0.15) is 0 Å². The van der Waals surface area contributed by atoms with E-state index in [4.69, 9.17) is 0 Å². The Balaban J connectivity index is 3.40. The van der Waals surface area contributed by atoms with Crippen molar-refractivity contribution < 1.29 is 0 Å². The van der Waals surface area contributed by atoms with Crippen LogP contribution in [-0.2, 0) is 17.3 Å². The summed E-state index contributed by atoms with van der Waals surface area (Å²) >= 11 is 0. The third-order valence-electron chi connectivity index (χ3n) is 3.11. The lowest BCUT2D eigenvalue weighted by Gasteiger charge is -2.30. The molecule has 1 aromatic rings. The average molecular weight is 218 g/mol. The van der Waals surface area contributed by atoms with E-state index in [0.717, 1.165) is 6.42 Å². The minimum atomic E-state index is 0.230. The summed E-state index contributed by atoms with van der Waals surface area (Å²) in [6.07, 6.45) is 1.12. The van der Waals surface area contributed by atoms with Gasteiger partial charge in [0, 0.05) is 0 Å². The lowest BCUT2D eigenvalue weighted by Crippen LogP contribution is -2.22. The van der Waals surface area contributed by atoms with Crippen LogP contribution in [-0.4, -0.2) is 0 Å². The first-order valence-electron chi connectivity index (χ1n) is 6.30. The van der Waals surface area contributed by atoms with E-state index < -0.39 is 0 Å². The molecule has 0 N–H and O–H groups in total. The highest BCUT2D eigenvalue weighted by atomic mass is 14.3. The molecule has 0 saturated heterocycles. The molecule has 0 aliphatic heterocycles. The van der Waals surface area contributed by atoms with Gasteiger partial charge in [0.2, 0.25) is 0 Å². The van der Waals surface area contributed by atoms with Crippen LogP contribution in [0, 0.1) is 0 Å². The Bertz CT molecular complexity index is 359. The third kappa shape index (κ3) is 2.87. The summed E-state index contributed by atoms with van der Waals surface area (Å²) in [4.78, 5) is 0. The molecule has 0 radical (unpaired) electrons. The minimum Gasteiger partial charge on any atom is -0.0613 e. The Hall–Kier alpha value is -0.780. The van der Waals surface area contributed by atoms with Crippen molar-refractivity contribution >= 4 is 0 Å². The molecule has 1 aromatic carbocycles. The molecule has 0 heteroatoms. The van der Waals surface area contributed by atoms with Crippen LogP contribution in [0.5, 0.6) is 0 Å². The smallest absolute Gasteiger partial charge is 0.0129 e. The highest BCUT2D eigenvalue weighted by Crippen LogP contribution is 2.34. The highest BCUT2D eigenvalue weighted by molar-refractivity contribution is 5.40. The van der Waals surface area contributed by atoms with E-state index in [1.54, 1.807) is 0 Å². The fourth-order valence-corrected chi connectivity index (χ4v) is 2.09. The predicted molar refractivity (Wildman–Crippen MR) is 73.2 cm³/mol. The molecule has 1 rings (SSSR count). The standard InChI is InChI=1S/C16H26/c1-8-12-9-10-13(15(2,3)4)14(11-12)16(5,6)7/h9-11H,8H2,1-7H3. The topological polar surface area (TPSA) is 0 Å². The van der Waals surface area contributed by atoms with Crippen LogP contribution in [0.1, 0.15) is 65.2 Å². The Morgan fingerprint density at radius 2 is 1.31 bits per heavy atom. The van der Waals surface area contributed by atoms with E-state index >= 15 is 0 Å². The van der Waals surface area contributed by atoms with Crippen LogP contribution in [0.4, 0.5) is 0 Å². The fraction of sp³-hybridized carbons (Fsp3) is 0.625. The van der Waals surface area contributed by atoms with Crippen LogP contribution in [0.3, 0.4) is 0 Å². The Morgan fingerprint density at radius 1 is 0.812 bits per heavy atom. The molecule has 0 saturated carbocycles. The lowest BCUT2D eigenvalue weighted by atomic mass is 9.74. The van der Waals surface area contributed by atoms with Gasteiger partial charge in [-0.3, -0.25) is 0 Å². The largest absolute Gasteiger partial charge is 0.0613 e. The van der Waals surface area contributed by atoms with Gasteiger partial charge in [-0.1, -0.05) is 66.7 Å². The summed E-state index contributed by atoms with van der Waals surface area (Å²) in [5, 5.41) is 0. The average Bonchev–Trinajstić information content (AvgIpc) is 2.14. The molecule has 0 spiro atoms. The molecule has 0 aliphatic rings. The van der Waals surface area contributed by atoms with Gasteiger partial charge < -0.3 is 0 Å².